The van der Waals surface area contributed by atoms with Crippen molar-refractivity contribution >= 4 is 17.3 Å². The summed E-state index contributed by atoms with van der Waals surface area (Å²) in [5, 5.41) is 7.69. The van der Waals surface area contributed by atoms with Crippen LogP contribution < -0.4 is 9.47 Å². The van der Waals surface area contributed by atoms with Crippen molar-refractivity contribution in [2.75, 3.05) is 13.7 Å². The normalized spacial score (nSPS) is 10.5. The largest absolute Gasteiger partial charge is 0.493 e. The summed E-state index contributed by atoms with van der Waals surface area (Å²) < 4.78 is 21.0. The monoisotopic (exact) mass is 360 g/mol. The van der Waals surface area contributed by atoms with E-state index in [0.717, 1.165) is 5.56 Å². The molecule has 0 bridgehead atoms. The molecule has 2 heterocycles. The number of carbonyl (C=O) groups is 1. The minimum atomic E-state index is -0.515. The Morgan fingerprint density at radius 1 is 1.28 bits per heavy atom. The van der Waals surface area contributed by atoms with Crippen molar-refractivity contribution in [1.29, 1.82) is 0 Å². The zero-order valence-corrected chi connectivity index (χ0v) is 14.5. The summed E-state index contributed by atoms with van der Waals surface area (Å²) in [5.74, 6) is 1.22. The van der Waals surface area contributed by atoms with Crippen LogP contribution in [0.2, 0.25) is 0 Å². The molecule has 0 aliphatic heterocycles. The molecule has 0 N–H and O–H groups in total. The van der Waals surface area contributed by atoms with Crippen LogP contribution in [0.5, 0.6) is 11.5 Å². The van der Waals surface area contributed by atoms with Gasteiger partial charge in [-0.15, -0.1) is 0 Å². The molecule has 0 saturated heterocycles. The highest BCUT2D eigenvalue weighted by molar-refractivity contribution is 7.08. The van der Waals surface area contributed by atoms with Gasteiger partial charge in [0.05, 0.1) is 19.3 Å². The maximum atomic E-state index is 12.2. The second-order valence-electron chi connectivity index (χ2n) is 4.90. The SMILES string of the molecule is CCOc1cc(C(=O)OCc2nc(-c3ccsc3)no2)ccc1OC. The molecule has 8 heteroatoms. The van der Waals surface area contributed by atoms with E-state index in [0.29, 0.717) is 29.5 Å². The smallest absolute Gasteiger partial charge is 0.338 e. The minimum Gasteiger partial charge on any atom is -0.493 e. The average Bonchev–Trinajstić information content (AvgIpc) is 3.31. The highest BCUT2D eigenvalue weighted by Crippen LogP contribution is 2.28. The Labute approximate surface area is 148 Å². The molecule has 0 atom stereocenters. The number of hydrogen-bond donors (Lipinski definition) is 0. The molecule has 0 fully saturated rings. The van der Waals surface area contributed by atoms with Crippen LogP contribution in [0.4, 0.5) is 0 Å². The molecular weight excluding hydrogens is 344 g/mol. The summed E-state index contributed by atoms with van der Waals surface area (Å²) in [6.45, 7) is 2.21. The van der Waals surface area contributed by atoms with E-state index in [1.807, 2.05) is 23.8 Å². The summed E-state index contributed by atoms with van der Waals surface area (Å²) >= 11 is 1.54. The third-order valence-electron chi connectivity index (χ3n) is 3.27. The maximum absolute atomic E-state index is 12.2. The van der Waals surface area contributed by atoms with Crippen LogP contribution >= 0.6 is 11.3 Å². The number of carbonyl (C=O) groups excluding carboxylic acids is 1. The Bertz CT molecular complexity index is 845. The van der Waals surface area contributed by atoms with Crippen molar-refractivity contribution in [3.63, 3.8) is 0 Å². The number of hydrogen-bond acceptors (Lipinski definition) is 8. The van der Waals surface area contributed by atoms with Crippen molar-refractivity contribution in [3.8, 4) is 22.9 Å². The van der Waals surface area contributed by atoms with Crippen molar-refractivity contribution in [2.45, 2.75) is 13.5 Å². The second kappa shape index (κ2) is 7.80. The lowest BCUT2D eigenvalue weighted by Crippen LogP contribution is -2.06. The van der Waals surface area contributed by atoms with Gasteiger partial charge in [0.2, 0.25) is 5.82 Å². The Balaban J connectivity index is 1.65. The molecule has 2 aromatic heterocycles. The van der Waals surface area contributed by atoms with Crippen LogP contribution in [-0.4, -0.2) is 29.8 Å². The topological polar surface area (TPSA) is 83.7 Å². The number of nitrogens with zero attached hydrogens (tertiary/aromatic N) is 2. The van der Waals surface area contributed by atoms with Crippen LogP contribution in [0.1, 0.15) is 23.2 Å². The molecule has 3 rings (SSSR count). The van der Waals surface area contributed by atoms with Crippen molar-refractivity contribution < 1.29 is 23.5 Å². The Kier molecular flexibility index (Phi) is 5.30. The Hall–Kier alpha value is -2.87. The van der Waals surface area contributed by atoms with E-state index in [1.165, 1.54) is 18.4 Å². The van der Waals surface area contributed by atoms with Gasteiger partial charge in [0.25, 0.3) is 5.89 Å². The standard InChI is InChI=1S/C17H16N2O5S/c1-3-22-14-8-11(4-5-13(14)21-2)17(20)23-9-15-18-16(19-24-15)12-6-7-25-10-12/h4-8,10H,3,9H2,1-2H3. The van der Waals surface area contributed by atoms with Gasteiger partial charge in [-0.2, -0.15) is 16.3 Å². The summed E-state index contributed by atoms with van der Waals surface area (Å²) in [5.41, 5.74) is 1.21. The number of methoxy groups -OCH3 is 1. The van der Waals surface area contributed by atoms with E-state index in [4.69, 9.17) is 18.7 Å². The zero-order chi connectivity index (χ0) is 17.6. The van der Waals surface area contributed by atoms with Gasteiger partial charge in [-0.3, -0.25) is 0 Å². The van der Waals surface area contributed by atoms with Crippen LogP contribution in [0.15, 0.2) is 39.5 Å². The van der Waals surface area contributed by atoms with Gasteiger partial charge in [0.1, 0.15) is 0 Å². The average molecular weight is 360 g/mol. The molecule has 25 heavy (non-hydrogen) atoms. The third-order valence-corrected chi connectivity index (χ3v) is 3.96. The quantitative estimate of drug-likeness (QED) is 0.596. The van der Waals surface area contributed by atoms with Gasteiger partial charge in [-0.25, -0.2) is 4.79 Å². The van der Waals surface area contributed by atoms with Crippen molar-refractivity contribution in [2.24, 2.45) is 0 Å². The van der Waals surface area contributed by atoms with Crippen LogP contribution in [0, 0.1) is 0 Å². The molecule has 0 unspecified atom stereocenters. The molecule has 0 amide bonds. The van der Waals surface area contributed by atoms with Crippen molar-refractivity contribution in [1.82, 2.24) is 10.1 Å². The predicted octanol–water partition coefficient (Wildman–Crippen LogP) is 3.56. The minimum absolute atomic E-state index is 0.105. The zero-order valence-electron chi connectivity index (χ0n) is 13.7. The van der Waals surface area contributed by atoms with Gasteiger partial charge in [-0.1, -0.05) is 5.16 Å². The number of ether oxygens (including phenoxy) is 3. The van der Waals surface area contributed by atoms with Crippen LogP contribution in [0.25, 0.3) is 11.4 Å². The first-order valence-electron chi connectivity index (χ1n) is 7.54. The summed E-state index contributed by atoms with van der Waals surface area (Å²) in [6.07, 6.45) is 0. The van der Waals surface area contributed by atoms with Crippen molar-refractivity contribution in [3.05, 3.63) is 46.5 Å². The number of esters is 1. The fourth-order valence-electron chi connectivity index (χ4n) is 2.11. The molecule has 0 spiro atoms. The van der Waals surface area contributed by atoms with E-state index < -0.39 is 5.97 Å². The summed E-state index contributed by atoms with van der Waals surface area (Å²) in [7, 11) is 1.54. The fraction of sp³-hybridized carbons (Fsp3) is 0.235. The van der Waals surface area contributed by atoms with E-state index in [2.05, 4.69) is 10.1 Å². The molecular formula is C17H16N2O5S. The Morgan fingerprint density at radius 2 is 2.16 bits per heavy atom. The van der Waals surface area contributed by atoms with E-state index in [1.54, 1.807) is 18.2 Å². The first-order chi connectivity index (χ1) is 12.2. The molecule has 0 aliphatic rings. The molecule has 0 aliphatic carbocycles. The van der Waals surface area contributed by atoms with E-state index >= 15 is 0 Å². The molecule has 0 saturated carbocycles. The molecule has 130 valence electrons. The lowest BCUT2D eigenvalue weighted by Gasteiger charge is -2.10. The highest BCUT2D eigenvalue weighted by atomic mass is 32.1. The summed E-state index contributed by atoms with van der Waals surface area (Å²) in [4.78, 5) is 16.4. The highest BCUT2D eigenvalue weighted by Gasteiger charge is 2.15. The van der Waals surface area contributed by atoms with E-state index in [-0.39, 0.29) is 12.5 Å². The number of aromatic nitrogens is 2. The van der Waals surface area contributed by atoms with Crippen LogP contribution in [0.3, 0.4) is 0 Å². The lowest BCUT2D eigenvalue weighted by atomic mass is 10.2. The molecule has 1 aromatic carbocycles. The first kappa shape index (κ1) is 17.0. The molecule has 7 nitrogen and oxygen atoms in total. The summed E-state index contributed by atoms with van der Waals surface area (Å²) in [6, 6.07) is 6.73. The second-order valence-corrected chi connectivity index (χ2v) is 5.68. The fourth-order valence-corrected chi connectivity index (χ4v) is 2.74. The molecule has 3 aromatic rings. The third kappa shape index (κ3) is 3.97. The first-order valence-corrected chi connectivity index (χ1v) is 8.48. The number of rotatable bonds is 7. The van der Waals surface area contributed by atoms with Gasteiger partial charge in [0.15, 0.2) is 18.1 Å². The molecule has 0 radical (unpaired) electrons. The lowest BCUT2D eigenvalue weighted by molar-refractivity contribution is 0.0429. The Morgan fingerprint density at radius 3 is 2.88 bits per heavy atom. The predicted molar refractivity (Wildman–Crippen MR) is 90.9 cm³/mol. The van der Waals surface area contributed by atoms with Gasteiger partial charge in [-0.05, 0) is 36.6 Å². The number of thiophene rings is 1. The van der Waals surface area contributed by atoms with E-state index in [9.17, 15) is 4.79 Å². The van der Waals surface area contributed by atoms with Gasteiger partial charge >= 0.3 is 5.97 Å². The van der Waals surface area contributed by atoms with Crippen LogP contribution in [-0.2, 0) is 11.3 Å². The van der Waals surface area contributed by atoms with Gasteiger partial charge < -0.3 is 18.7 Å². The maximum Gasteiger partial charge on any atom is 0.338 e. The van der Waals surface area contributed by atoms with Gasteiger partial charge in [0, 0.05) is 10.9 Å². The number of benzene rings is 1.